The second-order valence-electron chi connectivity index (χ2n) is 5.44. The number of rotatable bonds is 2. The lowest BCUT2D eigenvalue weighted by Gasteiger charge is -2.33. The van der Waals surface area contributed by atoms with Gasteiger partial charge in [0.05, 0.1) is 11.0 Å². The Morgan fingerprint density at radius 3 is 3.05 bits per heavy atom. The summed E-state index contributed by atoms with van der Waals surface area (Å²) >= 11 is 0. The summed E-state index contributed by atoms with van der Waals surface area (Å²) < 4.78 is 0. The monoisotopic (exact) mass is 262 g/mol. The minimum Gasteiger partial charge on any atom is -0.306 e. The van der Waals surface area contributed by atoms with E-state index >= 15 is 0 Å². The Balaban J connectivity index is 1.85. The minimum atomic E-state index is -0.337. The molecule has 102 valence electrons. The molecule has 2 aliphatic heterocycles. The van der Waals surface area contributed by atoms with Crippen LogP contribution < -0.4 is 10.9 Å². The summed E-state index contributed by atoms with van der Waals surface area (Å²) in [6.45, 7) is 2.11. The second kappa shape index (κ2) is 4.88. The molecule has 0 radical (unpaired) electrons. The molecule has 0 amide bonds. The van der Waals surface area contributed by atoms with Crippen LogP contribution in [0.4, 0.5) is 5.69 Å². The molecule has 0 aromatic heterocycles. The van der Waals surface area contributed by atoms with Gasteiger partial charge in [-0.2, -0.15) is 0 Å². The topological polar surface area (TPSA) is 70.4 Å². The third-order valence-electron chi connectivity index (χ3n) is 4.15. The van der Waals surface area contributed by atoms with Gasteiger partial charge >= 0.3 is 0 Å². The van der Waals surface area contributed by atoms with E-state index in [1.165, 1.54) is 6.07 Å². The van der Waals surface area contributed by atoms with Crippen LogP contribution in [0.3, 0.4) is 0 Å². The summed E-state index contributed by atoms with van der Waals surface area (Å²) in [5.41, 5.74) is 7.78. The number of fused-ring (bicyclic) bond motifs is 1. The fourth-order valence-electron chi connectivity index (χ4n) is 3.14. The first kappa shape index (κ1) is 12.5. The molecule has 3 rings (SSSR count). The lowest BCUT2D eigenvalue weighted by molar-refractivity contribution is -0.384. The van der Waals surface area contributed by atoms with E-state index in [2.05, 4.69) is 22.8 Å². The molecule has 1 aromatic carbocycles. The molecule has 0 aliphatic carbocycles. The maximum Gasteiger partial charge on any atom is 0.269 e. The average molecular weight is 262 g/mol. The Bertz CT molecular complexity index is 493. The van der Waals surface area contributed by atoms with Crippen molar-refractivity contribution in [3.05, 3.63) is 39.9 Å². The van der Waals surface area contributed by atoms with Gasteiger partial charge in [0.15, 0.2) is 0 Å². The van der Waals surface area contributed by atoms with E-state index in [0.29, 0.717) is 12.0 Å². The Morgan fingerprint density at radius 2 is 2.26 bits per heavy atom. The van der Waals surface area contributed by atoms with Gasteiger partial charge in [-0.15, -0.1) is 0 Å². The van der Waals surface area contributed by atoms with Crippen LogP contribution in [0.1, 0.15) is 18.0 Å². The van der Waals surface area contributed by atoms with Gasteiger partial charge in [-0.25, -0.2) is 5.43 Å². The van der Waals surface area contributed by atoms with E-state index in [0.717, 1.165) is 25.1 Å². The summed E-state index contributed by atoms with van der Waals surface area (Å²) in [5, 5.41) is 10.9. The number of non-ortho nitro benzene ring substituents is 1. The summed E-state index contributed by atoms with van der Waals surface area (Å²) in [6.07, 6.45) is 1.11. The molecule has 6 heteroatoms. The predicted molar refractivity (Wildman–Crippen MR) is 71.5 cm³/mol. The Morgan fingerprint density at radius 1 is 1.42 bits per heavy atom. The molecular formula is C13H18N4O2. The number of nitro groups is 1. The molecule has 6 nitrogen and oxygen atoms in total. The molecule has 0 spiro atoms. The van der Waals surface area contributed by atoms with Gasteiger partial charge in [-0.1, -0.05) is 12.1 Å². The van der Waals surface area contributed by atoms with Gasteiger partial charge in [-0.05, 0) is 25.6 Å². The third-order valence-corrected chi connectivity index (χ3v) is 4.15. The molecule has 0 bridgehead atoms. The first-order chi connectivity index (χ1) is 9.15. The quantitative estimate of drug-likeness (QED) is 0.616. The zero-order valence-corrected chi connectivity index (χ0v) is 10.9. The summed E-state index contributed by atoms with van der Waals surface area (Å²) in [7, 11) is 2.12. The maximum atomic E-state index is 10.9. The molecule has 2 N–H and O–H groups in total. The minimum absolute atomic E-state index is 0.146. The standard InChI is InChI=1S/C13H18N4O2/c1-16-6-5-12-11(8-16)13(15-14-12)9-3-2-4-10(7-9)17(18)19/h2-4,7,11-15H,5-6,8H2,1H3. The van der Waals surface area contributed by atoms with Gasteiger partial charge < -0.3 is 4.90 Å². The van der Waals surface area contributed by atoms with Crippen molar-refractivity contribution in [2.24, 2.45) is 5.92 Å². The van der Waals surface area contributed by atoms with Gasteiger partial charge in [0.25, 0.3) is 5.69 Å². The first-order valence-corrected chi connectivity index (χ1v) is 6.59. The average Bonchev–Trinajstić information content (AvgIpc) is 2.81. The number of nitrogens with one attached hydrogen (secondary N) is 2. The highest BCUT2D eigenvalue weighted by Crippen LogP contribution is 2.34. The fourth-order valence-corrected chi connectivity index (χ4v) is 3.14. The predicted octanol–water partition coefficient (Wildman–Crippen LogP) is 1.06. The van der Waals surface area contributed by atoms with Gasteiger partial charge in [0.1, 0.15) is 0 Å². The van der Waals surface area contributed by atoms with E-state index in [1.807, 2.05) is 6.07 Å². The number of nitro benzene ring substituents is 1. The fraction of sp³-hybridized carbons (Fsp3) is 0.538. The van der Waals surface area contributed by atoms with Crippen LogP contribution in [0.5, 0.6) is 0 Å². The Hall–Kier alpha value is -1.50. The lowest BCUT2D eigenvalue weighted by atomic mass is 9.85. The Labute approximate surface area is 111 Å². The lowest BCUT2D eigenvalue weighted by Crippen LogP contribution is -2.43. The number of hydrazine groups is 1. The number of hydrogen-bond donors (Lipinski definition) is 2. The van der Waals surface area contributed by atoms with Crippen molar-refractivity contribution in [1.82, 2.24) is 15.8 Å². The van der Waals surface area contributed by atoms with Crippen molar-refractivity contribution in [3.8, 4) is 0 Å². The molecule has 19 heavy (non-hydrogen) atoms. The summed E-state index contributed by atoms with van der Waals surface area (Å²) in [6, 6.07) is 7.54. The van der Waals surface area contributed by atoms with Crippen molar-refractivity contribution >= 4 is 5.69 Å². The smallest absolute Gasteiger partial charge is 0.269 e. The maximum absolute atomic E-state index is 10.9. The summed E-state index contributed by atoms with van der Waals surface area (Å²) in [5.74, 6) is 0.459. The number of nitrogens with zero attached hydrogens (tertiary/aromatic N) is 2. The third kappa shape index (κ3) is 2.34. The van der Waals surface area contributed by atoms with Crippen molar-refractivity contribution in [2.45, 2.75) is 18.5 Å². The second-order valence-corrected chi connectivity index (χ2v) is 5.44. The normalized spacial score (nSPS) is 31.1. The molecule has 3 unspecified atom stereocenters. The number of piperidine rings is 1. The Kier molecular flexibility index (Phi) is 3.22. The highest BCUT2D eigenvalue weighted by atomic mass is 16.6. The van der Waals surface area contributed by atoms with Crippen LogP contribution in [0, 0.1) is 16.0 Å². The zero-order valence-electron chi connectivity index (χ0n) is 10.9. The van der Waals surface area contributed by atoms with Crippen molar-refractivity contribution < 1.29 is 4.92 Å². The van der Waals surface area contributed by atoms with Crippen molar-refractivity contribution in [1.29, 1.82) is 0 Å². The summed E-state index contributed by atoms with van der Waals surface area (Å²) in [4.78, 5) is 12.8. The van der Waals surface area contributed by atoms with Crippen molar-refractivity contribution in [3.63, 3.8) is 0 Å². The molecule has 2 fully saturated rings. The van der Waals surface area contributed by atoms with Crippen LogP contribution in [-0.2, 0) is 0 Å². The molecule has 2 saturated heterocycles. The van der Waals surface area contributed by atoms with E-state index in [9.17, 15) is 10.1 Å². The molecule has 3 atom stereocenters. The highest BCUT2D eigenvalue weighted by molar-refractivity contribution is 5.36. The van der Waals surface area contributed by atoms with Crippen LogP contribution in [0.2, 0.25) is 0 Å². The number of benzene rings is 1. The van der Waals surface area contributed by atoms with Crippen molar-refractivity contribution in [2.75, 3.05) is 20.1 Å². The van der Waals surface area contributed by atoms with Gasteiger partial charge in [-0.3, -0.25) is 15.5 Å². The van der Waals surface area contributed by atoms with Gasteiger partial charge in [0.2, 0.25) is 0 Å². The van der Waals surface area contributed by atoms with E-state index in [4.69, 9.17) is 0 Å². The molecule has 0 saturated carbocycles. The van der Waals surface area contributed by atoms with Crippen LogP contribution >= 0.6 is 0 Å². The number of likely N-dealkylation sites (tertiary alicyclic amines) is 1. The number of hydrogen-bond acceptors (Lipinski definition) is 5. The molecular weight excluding hydrogens is 244 g/mol. The largest absolute Gasteiger partial charge is 0.306 e. The molecule has 1 aromatic rings. The van der Waals surface area contributed by atoms with E-state index < -0.39 is 0 Å². The first-order valence-electron chi connectivity index (χ1n) is 6.59. The van der Waals surface area contributed by atoms with Crippen LogP contribution in [-0.4, -0.2) is 36.0 Å². The van der Waals surface area contributed by atoms with Crippen LogP contribution in [0.25, 0.3) is 0 Å². The SMILES string of the molecule is CN1CCC2NNC(c3cccc([N+](=O)[O-])c3)C2C1. The van der Waals surface area contributed by atoms with E-state index in [-0.39, 0.29) is 16.7 Å². The highest BCUT2D eigenvalue weighted by Gasteiger charge is 2.39. The van der Waals surface area contributed by atoms with E-state index in [1.54, 1.807) is 12.1 Å². The zero-order chi connectivity index (χ0) is 13.4. The molecule has 2 heterocycles. The van der Waals surface area contributed by atoms with Gasteiger partial charge in [0, 0.05) is 30.6 Å². The molecule has 2 aliphatic rings. The van der Waals surface area contributed by atoms with Crippen LogP contribution in [0.15, 0.2) is 24.3 Å².